The van der Waals surface area contributed by atoms with Gasteiger partial charge in [-0.1, -0.05) is 89.8 Å². The SMILES string of the molecule is C/C=C\C(=C/CC)c1cc[n+](C)c(-c2ccccc2C)c1.C=CN.CC.CCC=CCC. The van der Waals surface area contributed by atoms with E-state index in [4.69, 9.17) is 0 Å². The van der Waals surface area contributed by atoms with Gasteiger partial charge in [0.2, 0.25) is 5.69 Å². The van der Waals surface area contributed by atoms with Gasteiger partial charge in [0, 0.05) is 17.7 Å². The highest BCUT2D eigenvalue weighted by Gasteiger charge is 2.13. The van der Waals surface area contributed by atoms with E-state index in [9.17, 15) is 0 Å². The topological polar surface area (TPSA) is 29.9 Å². The predicted molar refractivity (Wildman–Crippen MR) is 146 cm³/mol. The summed E-state index contributed by atoms with van der Waals surface area (Å²) < 4.78 is 2.19. The standard InChI is InChI=1S/C20H24N.C6H12.C2H5N.C2H6/c1-5-9-17(10-6-2)18-13-14-21(4)20(15-18)19-12-8-7-11-16(19)3;1-3-5-6-4-2;1-2-3;1-2/h5,7-15H,6H2,1-4H3;5-6H,3-4H2,1-2H3;2H,1,3H2;1-2H3/q+1;;;/b9-5-,17-10+;;;. The van der Waals surface area contributed by atoms with Crippen molar-refractivity contribution in [1.29, 1.82) is 0 Å². The van der Waals surface area contributed by atoms with Crippen molar-refractivity contribution in [1.82, 2.24) is 0 Å². The number of benzene rings is 1. The van der Waals surface area contributed by atoms with E-state index in [2.05, 4.69) is 132 Å². The van der Waals surface area contributed by atoms with E-state index in [0.717, 1.165) is 6.42 Å². The second-order valence-electron chi connectivity index (χ2n) is 6.82. The number of nitrogens with two attached hydrogens (primary N) is 1. The van der Waals surface area contributed by atoms with Crippen LogP contribution in [0.15, 0.2) is 85.8 Å². The third-order valence-electron chi connectivity index (χ3n) is 4.31. The quantitative estimate of drug-likeness (QED) is 0.276. The van der Waals surface area contributed by atoms with Gasteiger partial charge in [-0.2, -0.15) is 0 Å². The van der Waals surface area contributed by atoms with Crippen LogP contribution in [0.5, 0.6) is 0 Å². The molecule has 2 nitrogen and oxygen atoms in total. The lowest BCUT2D eigenvalue weighted by Gasteiger charge is -2.07. The molecule has 0 bridgehead atoms. The molecular formula is C30H47N2+. The number of pyridine rings is 1. The van der Waals surface area contributed by atoms with Gasteiger partial charge in [-0.25, -0.2) is 4.57 Å². The molecule has 2 rings (SSSR count). The van der Waals surface area contributed by atoms with Gasteiger partial charge >= 0.3 is 0 Å². The van der Waals surface area contributed by atoms with Crippen molar-refractivity contribution in [2.75, 3.05) is 0 Å². The fraction of sp³-hybridized carbons (Fsp3) is 0.367. The van der Waals surface area contributed by atoms with Crippen LogP contribution in [0.4, 0.5) is 0 Å². The van der Waals surface area contributed by atoms with E-state index in [1.54, 1.807) is 0 Å². The molecule has 2 aromatic rings. The first kappa shape index (κ1) is 31.3. The molecule has 2 N–H and O–H groups in total. The third kappa shape index (κ3) is 12.7. The van der Waals surface area contributed by atoms with E-state index in [1.807, 2.05) is 13.8 Å². The van der Waals surface area contributed by atoms with Gasteiger partial charge in [-0.05, 0) is 62.1 Å². The molecule has 1 aromatic carbocycles. The maximum Gasteiger partial charge on any atom is 0.213 e. The van der Waals surface area contributed by atoms with E-state index in [1.165, 1.54) is 47.0 Å². The average Bonchev–Trinajstić information content (AvgIpc) is 2.81. The summed E-state index contributed by atoms with van der Waals surface area (Å²) in [6.45, 7) is 17.8. The number of rotatable bonds is 6. The summed E-state index contributed by atoms with van der Waals surface area (Å²) in [6, 6.07) is 13.0. The van der Waals surface area contributed by atoms with Crippen molar-refractivity contribution in [3.05, 3.63) is 96.9 Å². The molecule has 0 aliphatic rings. The Bertz CT molecular complexity index is 820. The molecule has 176 valence electrons. The summed E-state index contributed by atoms with van der Waals surface area (Å²) in [4.78, 5) is 0. The molecule has 0 radical (unpaired) electrons. The minimum atomic E-state index is 1.04. The van der Waals surface area contributed by atoms with Crippen LogP contribution < -0.4 is 10.3 Å². The van der Waals surface area contributed by atoms with Crippen LogP contribution >= 0.6 is 0 Å². The fourth-order valence-corrected chi connectivity index (χ4v) is 2.89. The van der Waals surface area contributed by atoms with E-state index in [0.29, 0.717) is 0 Å². The van der Waals surface area contributed by atoms with Gasteiger partial charge < -0.3 is 5.73 Å². The molecule has 0 saturated carbocycles. The van der Waals surface area contributed by atoms with Crippen LogP contribution in [0, 0.1) is 6.92 Å². The monoisotopic (exact) mass is 435 g/mol. The van der Waals surface area contributed by atoms with Crippen LogP contribution in [0.2, 0.25) is 0 Å². The first-order chi connectivity index (χ1) is 15.5. The Hall–Kier alpha value is -2.87. The molecule has 2 heteroatoms. The first-order valence-electron chi connectivity index (χ1n) is 11.9. The lowest BCUT2D eigenvalue weighted by Crippen LogP contribution is -2.30. The Labute approximate surface area is 198 Å². The van der Waals surface area contributed by atoms with Gasteiger partial charge in [0.1, 0.15) is 7.05 Å². The van der Waals surface area contributed by atoms with Gasteiger partial charge in [0.05, 0.1) is 0 Å². The molecule has 0 fully saturated rings. The Kier molecular flexibility index (Phi) is 20.9. The number of allylic oxidation sites excluding steroid dienone is 6. The van der Waals surface area contributed by atoms with Crippen LogP contribution in [0.25, 0.3) is 16.8 Å². The number of nitrogens with zero attached hydrogens (tertiary/aromatic N) is 1. The molecule has 1 aromatic heterocycles. The highest BCUT2D eigenvalue weighted by molar-refractivity contribution is 5.76. The molecule has 0 aliphatic heterocycles. The zero-order valence-electron chi connectivity index (χ0n) is 21.9. The number of aromatic nitrogens is 1. The molecule has 0 amide bonds. The Morgan fingerprint density at radius 3 is 2.03 bits per heavy atom. The number of hydrogen-bond acceptors (Lipinski definition) is 1. The number of hydrogen-bond donors (Lipinski definition) is 1. The average molecular weight is 436 g/mol. The minimum Gasteiger partial charge on any atom is -0.405 e. The molecular weight excluding hydrogens is 388 g/mol. The van der Waals surface area contributed by atoms with E-state index >= 15 is 0 Å². The minimum absolute atomic E-state index is 1.04. The van der Waals surface area contributed by atoms with Gasteiger partial charge in [-0.3, -0.25) is 0 Å². The van der Waals surface area contributed by atoms with Gasteiger partial charge in [0.15, 0.2) is 6.20 Å². The van der Waals surface area contributed by atoms with Crippen LogP contribution in [-0.4, -0.2) is 0 Å². The van der Waals surface area contributed by atoms with Crippen LogP contribution in [0.1, 0.15) is 71.9 Å². The molecule has 1 heterocycles. The van der Waals surface area contributed by atoms with Crippen molar-refractivity contribution in [2.45, 2.75) is 67.7 Å². The molecule has 0 aliphatic carbocycles. The molecule has 32 heavy (non-hydrogen) atoms. The Balaban J connectivity index is 0. The predicted octanol–water partition coefficient (Wildman–Crippen LogP) is 8.33. The Morgan fingerprint density at radius 1 is 1.00 bits per heavy atom. The van der Waals surface area contributed by atoms with Gasteiger partial charge in [-0.15, -0.1) is 0 Å². The molecule has 0 unspecified atom stereocenters. The second kappa shape index (κ2) is 21.4. The van der Waals surface area contributed by atoms with E-state index in [-0.39, 0.29) is 0 Å². The van der Waals surface area contributed by atoms with E-state index < -0.39 is 0 Å². The van der Waals surface area contributed by atoms with Crippen molar-refractivity contribution >= 4 is 5.57 Å². The maximum absolute atomic E-state index is 4.61. The summed E-state index contributed by atoms with van der Waals surface area (Å²) in [5, 5.41) is 0. The summed E-state index contributed by atoms with van der Waals surface area (Å²) in [5.41, 5.74) is 11.0. The zero-order chi connectivity index (χ0) is 24.8. The highest BCUT2D eigenvalue weighted by Crippen LogP contribution is 2.24. The first-order valence-corrected chi connectivity index (χ1v) is 11.9. The van der Waals surface area contributed by atoms with Crippen molar-refractivity contribution in [3.8, 4) is 11.3 Å². The lowest BCUT2D eigenvalue weighted by molar-refractivity contribution is -0.660. The van der Waals surface area contributed by atoms with Crippen molar-refractivity contribution < 1.29 is 4.57 Å². The summed E-state index contributed by atoms with van der Waals surface area (Å²) in [6.07, 6.45) is 17.7. The third-order valence-corrected chi connectivity index (χ3v) is 4.31. The smallest absolute Gasteiger partial charge is 0.213 e. The normalized spacial score (nSPS) is 10.4. The summed E-state index contributed by atoms with van der Waals surface area (Å²) in [7, 11) is 2.10. The highest BCUT2D eigenvalue weighted by atomic mass is 14.9. The molecule has 0 atom stereocenters. The lowest BCUT2D eigenvalue weighted by atomic mass is 9.99. The fourth-order valence-electron chi connectivity index (χ4n) is 2.89. The largest absolute Gasteiger partial charge is 0.405 e. The number of aryl methyl sites for hydroxylation is 2. The van der Waals surface area contributed by atoms with Gasteiger partial charge in [0.25, 0.3) is 0 Å². The summed E-state index contributed by atoms with van der Waals surface area (Å²) >= 11 is 0. The summed E-state index contributed by atoms with van der Waals surface area (Å²) in [5.74, 6) is 0. The van der Waals surface area contributed by atoms with Crippen molar-refractivity contribution in [2.24, 2.45) is 12.8 Å². The molecule has 0 saturated heterocycles. The van der Waals surface area contributed by atoms with Crippen molar-refractivity contribution in [3.63, 3.8) is 0 Å². The van der Waals surface area contributed by atoms with Crippen LogP contribution in [0.3, 0.4) is 0 Å². The maximum atomic E-state index is 4.61. The molecule has 0 spiro atoms. The zero-order valence-corrected chi connectivity index (χ0v) is 21.9. The second-order valence-corrected chi connectivity index (χ2v) is 6.82. The van der Waals surface area contributed by atoms with Crippen LogP contribution in [-0.2, 0) is 7.05 Å². The Morgan fingerprint density at radius 2 is 1.56 bits per heavy atom.